The van der Waals surface area contributed by atoms with Gasteiger partial charge < -0.3 is 86.9 Å². The van der Waals surface area contributed by atoms with Crippen LogP contribution in [-0.2, 0) is 52.7 Å². The lowest BCUT2D eigenvalue weighted by atomic mass is 9.96. The van der Waals surface area contributed by atoms with Crippen molar-refractivity contribution in [3.8, 4) is 0 Å². The molecule has 11 atom stereocenters. The summed E-state index contributed by atoms with van der Waals surface area (Å²) < 4.78 is 0. The second-order valence-electron chi connectivity index (χ2n) is 26.2. The van der Waals surface area contributed by atoms with Crippen LogP contribution in [0.5, 0.6) is 0 Å². The van der Waals surface area contributed by atoms with E-state index in [4.69, 9.17) is 28.7 Å². The van der Waals surface area contributed by atoms with Gasteiger partial charge in [0.25, 0.3) is 0 Å². The Bertz CT molecular complexity index is 2280. The summed E-state index contributed by atoms with van der Waals surface area (Å²) in [6.07, 6.45) is 8.75. The number of hydrogen-bond donors (Lipinski definition) is 16. The maximum Gasteiger partial charge on any atom is 0.245 e. The normalized spacial score (nSPS) is 15.0. The fraction of sp³-hybridized carbons (Fsp3) is 0.812. The van der Waals surface area contributed by atoms with Gasteiger partial charge in [-0.3, -0.25) is 57.7 Å². The minimum Gasteiger partial charge on any atom is -0.391 e. The molecule has 0 unspecified atom stereocenters. The molecular weight excluding hydrogens is 1180 g/mol. The van der Waals surface area contributed by atoms with Crippen LogP contribution in [-0.4, -0.2) is 163 Å². The van der Waals surface area contributed by atoms with E-state index >= 15 is 0 Å². The topological polar surface area (TPSA) is 471 Å². The van der Waals surface area contributed by atoms with E-state index in [0.717, 1.165) is 32.1 Å². The minimum atomic E-state index is -1.64. The van der Waals surface area contributed by atoms with Gasteiger partial charge in [0.05, 0.1) is 12.6 Å². The third-order valence-electron chi connectivity index (χ3n) is 15.5. The van der Waals surface area contributed by atoms with E-state index in [-0.39, 0.29) is 120 Å². The Morgan fingerprint density at radius 3 is 1.17 bits per heavy atom. The van der Waals surface area contributed by atoms with Crippen LogP contribution < -0.4 is 81.8 Å². The van der Waals surface area contributed by atoms with E-state index in [1.165, 1.54) is 13.3 Å². The maximum absolute atomic E-state index is 14.6. The van der Waals surface area contributed by atoms with Gasteiger partial charge in [0.1, 0.15) is 54.4 Å². The van der Waals surface area contributed by atoms with Crippen molar-refractivity contribution in [1.82, 2.24) is 53.2 Å². The van der Waals surface area contributed by atoms with Crippen molar-refractivity contribution in [3.05, 3.63) is 0 Å². The Labute approximate surface area is 547 Å². The molecular formula is C64H122N16O12. The average Bonchev–Trinajstić information content (AvgIpc) is 2.56. The van der Waals surface area contributed by atoms with Crippen LogP contribution >= 0.6 is 0 Å². The number of rotatable bonds is 51. The molecule has 0 rings (SSSR count). The Balaban J connectivity index is 6.92. The van der Waals surface area contributed by atoms with Gasteiger partial charge in [-0.1, -0.05) is 121 Å². The number of carbonyl (C=O) groups excluding carboxylic acids is 11. The predicted octanol–water partition coefficient (Wildman–Crippen LogP) is 1.01. The second-order valence-corrected chi connectivity index (χ2v) is 26.2. The van der Waals surface area contributed by atoms with Crippen molar-refractivity contribution >= 4 is 70.9 Å². The summed E-state index contributed by atoms with van der Waals surface area (Å²) in [4.78, 5) is 156. The second kappa shape index (κ2) is 48.1. The highest BCUT2D eigenvalue weighted by Gasteiger charge is 2.38. The summed E-state index contributed by atoms with van der Waals surface area (Å²) in [6.45, 7) is 21.8. The van der Waals surface area contributed by atoms with E-state index < -0.39 is 125 Å². The lowest BCUT2D eigenvalue weighted by molar-refractivity contribution is -0.137. The van der Waals surface area contributed by atoms with Gasteiger partial charge in [-0.25, -0.2) is 0 Å². The van der Waals surface area contributed by atoms with Crippen molar-refractivity contribution in [1.29, 1.82) is 0 Å². The van der Waals surface area contributed by atoms with Crippen LogP contribution in [0.15, 0.2) is 4.99 Å². The lowest BCUT2D eigenvalue weighted by Crippen LogP contribution is -2.62. The SMILES string of the molecule is CCCCCCCCCC(=O)NCC(=O)N[C@@H](CC(C)C)C(=O)N[C@@H](CC(C)C)C(=O)N[C@H](CCCCN)C(=O)N[C@@H](CCCN=C(N)N)C(=O)N[C@H](C(=O)N[C@H](CCCCN)C(=O)N[C@H](C(=O)N[C@@H](CC(C)C)C(=O)N[C@@H](CC(C)C)C(N)=O)[C@@H](C)O)[C@@H](C)CC. The number of nitrogens with zero attached hydrogens (tertiary/aromatic N) is 1. The number of aliphatic hydroxyl groups excluding tert-OH is 1. The summed E-state index contributed by atoms with van der Waals surface area (Å²) >= 11 is 0. The number of primary amides is 1. The van der Waals surface area contributed by atoms with Gasteiger partial charge >= 0.3 is 0 Å². The highest BCUT2D eigenvalue weighted by molar-refractivity contribution is 5.99. The highest BCUT2D eigenvalue weighted by atomic mass is 16.3. The van der Waals surface area contributed by atoms with E-state index in [1.54, 1.807) is 13.8 Å². The summed E-state index contributed by atoms with van der Waals surface area (Å²) in [6, 6.07) is -11.5. The smallest absolute Gasteiger partial charge is 0.245 e. The molecule has 0 aliphatic rings. The first-order chi connectivity index (χ1) is 43.3. The Morgan fingerprint density at radius 2 is 0.750 bits per heavy atom. The fourth-order valence-electron chi connectivity index (χ4n) is 10.1. The van der Waals surface area contributed by atoms with E-state index in [2.05, 4.69) is 65.1 Å². The number of amides is 11. The molecule has 0 heterocycles. The first-order valence-corrected chi connectivity index (χ1v) is 33.7. The molecule has 21 N–H and O–H groups in total. The van der Waals surface area contributed by atoms with Gasteiger partial charge in [0.15, 0.2) is 5.96 Å². The standard InChI is InChI=1S/C64H122N16O12/c1-13-15-16-17-18-19-20-29-51(82)71-37-52(83)72-48(34-39(5)6)59(88)77-49(35-40(7)8)60(89)74-44(26-21-23-30-65)56(85)73-46(28-25-32-70-64(68)69)57(86)79-53(42(11)14-2)62(91)75-45(27-22-24-31-66)58(87)80-54(43(12)81)63(92)78-50(36-41(9)10)61(90)76-47(55(67)84)33-38(3)4/h38-50,53-54,81H,13-37,65-66H2,1-12H3,(H2,67,84)(H,71,82)(H,72,83)(H,73,85)(H,74,89)(H,75,91)(H,76,90)(H,77,88)(H,78,92)(H,79,86)(H,80,87)(H4,68,69,70)/t42-,43+,44+,45+,46-,47-,48-,49-,50-,53-,54-/m0/s1. The van der Waals surface area contributed by atoms with Gasteiger partial charge in [-0.15, -0.1) is 0 Å². The van der Waals surface area contributed by atoms with Crippen molar-refractivity contribution in [2.45, 2.75) is 278 Å². The zero-order valence-corrected chi connectivity index (χ0v) is 57.6. The quantitative estimate of drug-likeness (QED) is 0.0230. The number of nitrogens with one attached hydrogen (secondary N) is 10. The number of nitrogens with two attached hydrogens (primary N) is 5. The van der Waals surface area contributed by atoms with E-state index in [9.17, 15) is 57.8 Å². The molecule has 0 fully saturated rings. The minimum absolute atomic E-state index is 0.00469. The summed E-state index contributed by atoms with van der Waals surface area (Å²) in [5.41, 5.74) is 28.5. The summed E-state index contributed by atoms with van der Waals surface area (Å²) in [7, 11) is 0. The van der Waals surface area contributed by atoms with Gasteiger partial charge in [0, 0.05) is 13.0 Å². The third kappa shape index (κ3) is 37.7. The molecule has 11 amide bonds. The molecule has 0 aromatic heterocycles. The number of aliphatic imine (C=N–C) groups is 1. The van der Waals surface area contributed by atoms with Crippen molar-refractivity contribution < 1.29 is 57.8 Å². The van der Waals surface area contributed by atoms with Crippen LogP contribution in [0.1, 0.15) is 218 Å². The van der Waals surface area contributed by atoms with Crippen LogP contribution in [0.3, 0.4) is 0 Å². The summed E-state index contributed by atoms with van der Waals surface area (Å²) in [5.74, 6) is -9.04. The zero-order chi connectivity index (χ0) is 70.0. The van der Waals surface area contributed by atoms with Crippen molar-refractivity contribution in [3.63, 3.8) is 0 Å². The molecule has 0 radical (unpaired) electrons. The molecule has 0 saturated carbocycles. The maximum atomic E-state index is 14.6. The van der Waals surface area contributed by atoms with Crippen molar-refractivity contribution in [2.75, 3.05) is 26.2 Å². The molecule has 0 spiro atoms. The van der Waals surface area contributed by atoms with Gasteiger partial charge in [-0.2, -0.15) is 0 Å². The van der Waals surface area contributed by atoms with Crippen molar-refractivity contribution in [2.24, 2.45) is 63.3 Å². The molecule has 0 aliphatic heterocycles. The van der Waals surface area contributed by atoms with Crippen LogP contribution in [0, 0.1) is 29.6 Å². The molecule has 28 heteroatoms. The molecule has 530 valence electrons. The molecule has 0 bridgehead atoms. The Hall–Kier alpha value is -6.68. The largest absolute Gasteiger partial charge is 0.391 e. The molecule has 92 heavy (non-hydrogen) atoms. The average molecular weight is 1310 g/mol. The molecule has 0 aromatic carbocycles. The molecule has 28 nitrogen and oxygen atoms in total. The van der Waals surface area contributed by atoms with Gasteiger partial charge in [0.2, 0.25) is 65.0 Å². The van der Waals surface area contributed by atoms with Crippen LogP contribution in [0.25, 0.3) is 0 Å². The van der Waals surface area contributed by atoms with E-state index in [0.29, 0.717) is 38.5 Å². The number of aliphatic hydroxyl groups is 1. The number of guanidine groups is 1. The first kappa shape index (κ1) is 85.3. The number of unbranched alkanes of at least 4 members (excludes halogenated alkanes) is 8. The first-order valence-electron chi connectivity index (χ1n) is 33.7. The Kier molecular flexibility index (Phi) is 44.6. The molecule has 0 aromatic rings. The fourth-order valence-corrected chi connectivity index (χ4v) is 10.1. The number of carbonyl (C=O) groups is 11. The Morgan fingerprint density at radius 1 is 0.391 bits per heavy atom. The predicted molar refractivity (Wildman–Crippen MR) is 357 cm³/mol. The molecule has 0 saturated heterocycles. The monoisotopic (exact) mass is 1310 g/mol. The number of hydrogen-bond acceptors (Lipinski definition) is 15. The van der Waals surface area contributed by atoms with E-state index in [1.807, 2.05) is 55.4 Å². The van der Waals surface area contributed by atoms with Gasteiger partial charge in [-0.05, 0) is 133 Å². The molecule has 0 aliphatic carbocycles. The lowest BCUT2D eigenvalue weighted by Gasteiger charge is -2.30. The zero-order valence-electron chi connectivity index (χ0n) is 57.6. The highest BCUT2D eigenvalue weighted by Crippen LogP contribution is 2.16. The third-order valence-corrected chi connectivity index (χ3v) is 15.5. The van der Waals surface area contributed by atoms with Crippen LogP contribution in [0.2, 0.25) is 0 Å². The summed E-state index contributed by atoms with van der Waals surface area (Å²) in [5, 5.41) is 37.9. The van der Waals surface area contributed by atoms with Crippen LogP contribution in [0.4, 0.5) is 0 Å².